The zero-order valence-electron chi connectivity index (χ0n) is 19.1. The summed E-state index contributed by atoms with van der Waals surface area (Å²) < 4.78 is 55.3. The molecule has 2 aromatic rings. The molecule has 6 N–H and O–H groups in total. The summed E-state index contributed by atoms with van der Waals surface area (Å²) >= 11 is 0. The zero-order valence-corrected chi connectivity index (χ0v) is 19.9. The molecule has 0 bridgehead atoms. The molecule has 0 aromatic heterocycles. The number of hydrogen-bond acceptors (Lipinski definition) is 6. The number of hydrogen-bond donors (Lipinski definition) is 4. The van der Waals surface area contributed by atoms with Gasteiger partial charge in [-0.1, -0.05) is 12.1 Å². The summed E-state index contributed by atoms with van der Waals surface area (Å²) in [4.78, 5) is 30.8. The predicted molar refractivity (Wildman–Crippen MR) is 126 cm³/mol. The van der Waals surface area contributed by atoms with Gasteiger partial charge in [0.2, 0.25) is 27.8 Å². The molecule has 11 nitrogen and oxygen atoms in total. The van der Waals surface area contributed by atoms with Crippen LogP contribution in [0.15, 0.2) is 52.5 Å². The molecule has 0 saturated carbocycles. The van der Waals surface area contributed by atoms with Crippen molar-refractivity contribution in [2.75, 3.05) is 26.2 Å². The van der Waals surface area contributed by atoms with Crippen LogP contribution < -0.4 is 21.5 Å². The molecule has 14 heteroatoms. The third-order valence-corrected chi connectivity index (χ3v) is 6.74. The quantitative estimate of drug-likeness (QED) is 0.149. The molecule has 194 valence electrons. The van der Waals surface area contributed by atoms with Gasteiger partial charge in [0.1, 0.15) is 24.3 Å². The van der Waals surface area contributed by atoms with Crippen LogP contribution in [0.4, 0.5) is 8.78 Å². The van der Waals surface area contributed by atoms with Gasteiger partial charge < -0.3 is 26.5 Å². The number of benzene rings is 2. The van der Waals surface area contributed by atoms with Crippen molar-refractivity contribution in [3.8, 4) is 11.1 Å². The Balaban J connectivity index is 1.59. The highest BCUT2D eigenvalue weighted by molar-refractivity contribution is 7.89. The van der Waals surface area contributed by atoms with Crippen molar-refractivity contribution < 1.29 is 31.6 Å². The molecule has 1 fully saturated rings. The van der Waals surface area contributed by atoms with Gasteiger partial charge in [0.25, 0.3) is 0 Å². The van der Waals surface area contributed by atoms with Crippen molar-refractivity contribution in [2.24, 2.45) is 16.6 Å². The molecule has 36 heavy (non-hydrogen) atoms. The average Bonchev–Trinajstić information content (AvgIpc) is 2.81. The van der Waals surface area contributed by atoms with Gasteiger partial charge in [0, 0.05) is 18.2 Å². The fourth-order valence-electron chi connectivity index (χ4n) is 3.58. The number of halogens is 2. The van der Waals surface area contributed by atoms with E-state index in [0.29, 0.717) is 18.5 Å². The number of carbonyl (C=O) groups excluding carboxylic acids is 2. The van der Waals surface area contributed by atoms with Crippen LogP contribution in [0, 0.1) is 11.6 Å². The number of guanidine groups is 1. The van der Waals surface area contributed by atoms with E-state index in [1.54, 1.807) is 0 Å². The fourth-order valence-corrected chi connectivity index (χ4v) is 4.81. The van der Waals surface area contributed by atoms with Crippen molar-refractivity contribution in [1.82, 2.24) is 14.9 Å². The third kappa shape index (κ3) is 7.11. The molecule has 0 aliphatic carbocycles. The third-order valence-electron chi connectivity index (χ3n) is 5.25. The van der Waals surface area contributed by atoms with Crippen LogP contribution in [-0.4, -0.2) is 63.4 Å². The normalized spacial score (nSPS) is 15.9. The lowest BCUT2D eigenvalue weighted by Crippen LogP contribution is -2.54. The van der Waals surface area contributed by atoms with E-state index in [0.717, 1.165) is 12.1 Å². The summed E-state index contributed by atoms with van der Waals surface area (Å²) in [6, 6.07) is 7.37. The van der Waals surface area contributed by atoms with Gasteiger partial charge in [0.05, 0.1) is 18.0 Å². The molecule has 3 rings (SSSR count). The van der Waals surface area contributed by atoms with Crippen LogP contribution in [0.25, 0.3) is 11.1 Å². The standard InChI is InChI=1S/C22H26F2N6O5S/c23-15-5-8-17(18(24)12-15)14-3-6-16(7-4-14)36(33,34)29-19-2-1-10-30(21(19)32)13-20(31)27-9-11-35-28-22(25)26/h3-8,12,19,29H,1-2,9-11,13H2,(H,27,31)(H4,25,26,28)/t19-/m0/s1. The number of oxime groups is 1. The Morgan fingerprint density at radius 3 is 2.56 bits per heavy atom. The second-order valence-electron chi connectivity index (χ2n) is 7.92. The Morgan fingerprint density at radius 1 is 1.17 bits per heavy atom. The number of piperidine rings is 1. The second kappa shape index (κ2) is 11.8. The van der Waals surface area contributed by atoms with Gasteiger partial charge in [-0.25, -0.2) is 17.2 Å². The van der Waals surface area contributed by atoms with Crippen molar-refractivity contribution in [1.29, 1.82) is 0 Å². The molecule has 1 heterocycles. The Hall–Kier alpha value is -3.78. The number of carbonyl (C=O) groups is 2. The summed E-state index contributed by atoms with van der Waals surface area (Å²) in [7, 11) is -4.09. The minimum absolute atomic E-state index is 0.0204. The maximum atomic E-state index is 14.0. The van der Waals surface area contributed by atoms with E-state index in [1.165, 1.54) is 35.2 Å². The summed E-state index contributed by atoms with van der Waals surface area (Å²) in [6.45, 7) is 0.169. The molecule has 2 amide bonds. The van der Waals surface area contributed by atoms with Crippen LogP contribution >= 0.6 is 0 Å². The van der Waals surface area contributed by atoms with Gasteiger partial charge in [-0.2, -0.15) is 4.72 Å². The largest absolute Gasteiger partial charge is 0.391 e. The van der Waals surface area contributed by atoms with Gasteiger partial charge in [-0.05, 0) is 47.8 Å². The van der Waals surface area contributed by atoms with Crippen molar-refractivity contribution in [2.45, 2.75) is 23.8 Å². The zero-order chi connectivity index (χ0) is 26.3. The van der Waals surface area contributed by atoms with Gasteiger partial charge in [0.15, 0.2) is 0 Å². The van der Waals surface area contributed by atoms with E-state index in [9.17, 15) is 26.8 Å². The molecular formula is C22H26F2N6O5S. The highest BCUT2D eigenvalue weighted by Gasteiger charge is 2.33. The minimum Gasteiger partial charge on any atom is -0.391 e. The van der Waals surface area contributed by atoms with E-state index in [4.69, 9.17) is 16.3 Å². The number of rotatable bonds is 10. The Bertz CT molecular complexity index is 1240. The minimum atomic E-state index is -4.09. The number of nitrogens with two attached hydrogens (primary N) is 2. The number of sulfonamides is 1. The van der Waals surface area contributed by atoms with Crippen LogP contribution in [0.1, 0.15) is 12.8 Å². The highest BCUT2D eigenvalue weighted by Crippen LogP contribution is 2.25. The molecular weight excluding hydrogens is 498 g/mol. The SMILES string of the molecule is NC(N)=NOCCNC(=O)CN1CCC[C@H](NS(=O)(=O)c2ccc(-c3ccc(F)cc3F)cc2)C1=O. The van der Waals surface area contributed by atoms with Gasteiger partial charge in [-0.15, -0.1) is 0 Å². The topological polar surface area (TPSA) is 169 Å². The molecule has 0 unspecified atom stereocenters. The van der Waals surface area contributed by atoms with E-state index >= 15 is 0 Å². The van der Waals surface area contributed by atoms with Crippen LogP contribution in [0.2, 0.25) is 0 Å². The van der Waals surface area contributed by atoms with E-state index < -0.39 is 39.5 Å². The molecule has 2 aromatic carbocycles. The smallest absolute Gasteiger partial charge is 0.241 e. The summed E-state index contributed by atoms with van der Waals surface area (Å²) in [5.41, 5.74) is 10.7. The number of likely N-dealkylation sites (tertiary alicyclic amines) is 1. The second-order valence-corrected chi connectivity index (χ2v) is 9.64. The first-order valence-electron chi connectivity index (χ1n) is 10.9. The Kier molecular flexibility index (Phi) is 8.77. The van der Waals surface area contributed by atoms with Crippen molar-refractivity contribution in [3.05, 3.63) is 54.1 Å². The first kappa shape index (κ1) is 26.8. The molecule has 1 atom stereocenters. The predicted octanol–water partition coefficient (Wildman–Crippen LogP) is 0.222. The number of nitrogens with zero attached hydrogens (tertiary/aromatic N) is 2. The monoisotopic (exact) mass is 524 g/mol. The Morgan fingerprint density at radius 2 is 1.89 bits per heavy atom. The van der Waals surface area contributed by atoms with Crippen molar-refractivity contribution in [3.63, 3.8) is 0 Å². The molecule has 1 aliphatic rings. The fraction of sp³-hybridized carbons (Fsp3) is 0.318. The highest BCUT2D eigenvalue weighted by atomic mass is 32.2. The molecule has 0 spiro atoms. The first-order valence-corrected chi connectivity index (χ1v) is 12.4. The first-order chi connectivity index (χ1) is 17.1. The van der Waals surface area contributed by atoms with Crippen LogP contribution in [0.3, 0.4) is 0 Å². The van der Waals surface area contributed by atoms with E-state index in [1.807, 2.05) is 0 Å². The lowest BCUT2D eigenvalue weighted by Gasteiger charge is -2.32. The summed E-state index contributed by atoms with van der Waals surface area (Å²) in [5, 5.41) is 5.85. The number of amides is 2. The molecule has 1 aliphatic heterocycles. The summed E-state index contributed by atoms with van der Waals surface area (Å²) in [5.74, 6) is -2.74. The number of nitrogens with one attached hydrogen (secondary N) is 2. The van der Waals surface area contributed by atoms with Crippen LogP contribution in [-0.2, 0) is 24.4 Å². The summed E-state index contributed by atoms with van der Waals surface area (Å²) in [6.07, 6.45) is 0.754. The van der Waals surface area contributed by atoms with Gasteiger partial charge in [-0.3, -0.25) is 9.59 Å². The van der Waals surface area contributed by atoms with E-state index in [-0.39, 0.29) is 42.5 Å². The molecule has 1 saturated heterocycles. The van der Waals surface area contributed by atoms with E-state index in [2.05, 4.69) is 15.2 Å². The lowest BCUT2D eigenvalue weighted by molar-refractivity contribution is -0.139. The van der Waals surface area contributed by atoms with Crippen LogP contribution in [0.5, 0.6) is 0 Å². The van der Waals surface area contributed by atoms with Gasteiger partial charge >= 0.3 is 0 Å². The molecule has 0 radical (unpaired) electrons. The average molecular weight is 525 g/mol. The van der Waals surface area contributed by atoms with Crippen molar-refractivity contribution >= 4 is 27.8 Å². The maximum absolute atomic E-state index is 14.0. The maximum Gasteiger partial charge on any atom is 0.241 e. The Labute approximate surface area is 206 Å². The lowest BCUT2D eigenvalue weighted by atomic mass is 10.1.